The van der Waals surface area contributed by atoms with E-state index in [0.29, 0.717) is 32.4 Å². The summed E-state index contributed by atoms with van der Waals surface area (Å²) < 4.78 is 31.6. The summed E-state index contributed by atoms with van der Waals surface area (Å²) in [5.74, 6) is -0.103. The molecule has 7 heteroatoms. The number of benzene rings is 1. The molecular formula is C19H30N2O4S. The number of carbonyl (C=O) groups excluding carboxylic acids is 1. The SMILES string of the molecule is CCCO[C@H]1C[C@@H](C(=O)NCCc2ccccc2)CC[C@@H]1NS(C)(=O)=O. The van der Waals surface area contributed by atoms with E-state index in [1.165, 1.54) is 5.56 Å². The zero-order valence-corrected chi connectivity index (χ0v) is 16.4. The molecule has 146 valence electrons. The van der Waals surface area contributed by atoms with Crippen molar-refractivity contribution < 1.29 is 17.9 Å². The zero-order chi connectivity index (χ0) is 19.0. The van der Waals surface area contributed by atoms with Gasteiger partial charge in [-0.1, -0.05) is 37.3 Å². The van der Waals surface area contributed by atoms with E-state index in [9.17, 15) is 13.2 Å². The molecule has 6 nitrogen and oxygen atoms in total. The first-order valence-electron chi connectivity index (χ1n) is 9.29. The Bertz CT molecular complexity index is 663. The van der Waals surface area contributed by atoms with Crippen LogP contribution in [0.15, 0.2) is 30.3 Å². The molecule has 0 aromatic heterocycles. The molecule has 1 aromatic rings. The van der Waals surface area contributed by atoms with Crippen molar-refractivity contribution in [2.45, 2.75) is 51.2 Å². The molecule has 1 aliphatic rings. The number of rotatable bonds is 9. The molecule has 0 saturated heterocycles. The highest BCUT2D eigenvalue weighted by Crippen LogP contribution is 2.27. The van der Waals surface area contributed by atoms with Crippen molar-refractivity contribution in [1.29, 1.82) is 0 Å². The van der Waals surface area contributed by atoms with Crippen molar-refractivity contribution in [3.05, 3.63) is 35.9 Å². The molecule has 1 aromatic carbocycles. The fourth-order valence-electron chi connectivity index (χ4n) is 3.35. The van der Waals surface area contributed by atoms with Gasteiger partial charge < -0.3 is 10.1 Å². The van der Waals surface area contributed by atoms with Crippen molar-refractivity contribution in [2.24, 2.45) is 5.92 Å². The number of ether oxygens (including phenoxy) is 1. The van der Waals surface area contributed by atoms with Crippen LogP contribution in [-0.4, -0.2) is 45.9 Å². The van der Waals surface area contributed by atoms with Crippen molar-refractivity contribution in [3.8, 4) is 0 Å². The predicted octanol–water partition coefficient (Wildman–Crippen LogP) is 1.86. The molecule has 26 heavy (non-hydrogen) atoms. The van der Waals surface area contributed by atoms with Gasteiger partial charge in [-0.3, -0.25) is 4.79 Å². The van der Waals surface area contributed by atoms with E-state index in [2.05, 4.69) is 10.0 Å². The Morgan fingerprint density at radius 3 is 2.62 bits per heavy atom. The van der Waals surface area contributed by atoms with Gasteiger partial charge in [0.1, 0.15) is 0 Å². The summed E-state index contributed by atoms with van der Waals surface area (Å²) in [6, 6.07) is 9.78. The van der Waals surface area contributed by atoms with Gasteiger partial charge in [0.2, 0.25) is 15.9 Å². The minimum Gasteiger partial charge on any atom is -0.377 e. The quantitative estimate of drug-likeness (QED) is 0.683. The Hall–Kier alpha value is -1.44. The van der Waals surface area contributed by atoms with E-state index in [-0.39, 0.29) is 24.0 Å². The van der Waals surface area contributed by atoms with Crippen molar-refractivity contribution in [3.63, 3.8) is 0 Å². The molecule has 0 spiro atoms. The number of amides is 1. The average molecular weight is 383 g/mol. The Balaban J connectivity index is 1.86. The van der Waals surface area contributed by atoms with Gasteiger partial charge in [0.05, 0.1) is 12.4 Å². The second-order valence-electron chi connectivity index (χ2n) is 6.94. The predicted molar refractivity (Wildman–Crippen MR) is 102 cm³/mol. The molecular weight excluding hydrogens is 352 g/mol. The maximum absolute atomic E-state index is 12.5. The monoisotopic (exact) mass is 382 g/mol. The van der Waals surface area contributed by atoms with Crippen LogP contribution in [-0.2, 0) is 26.0 Å². The van der Waals surface area contributed by atoms with Gasteiger partial charge in [-0.2, -0.15) is 0 Å². The summed E-state index contributed by atoms with van der Waals surface area (Å²) >= 11 is 0. The third-order valence-corrected chi connectivity index (χ3v) is 5.35. The van der Waals surface area contributed by atoms with Crippen LogP contribution in [0.3, 0.4) is 0 Å². The van der Waals surface area contributed by atoms with Gasteiger partial charge in [0, 0.05) is 25.1 Å². The number of carbonyl (C=O) groups is 1. The maximum Gasteiger partial charge on any atom is 0.223 e. The van der Waals surface area contributed by atoms with E-state index >= 15 is 0 Å². The minimum absolute atomic E-state index is 0.0313. The molecule has 2 rings (SSSR count). The summed E-state index contributed by atoms with van der Waals surface area (Å²) in [7, 11) is -3.29. The number of hydrogen-bond acceptors (Lipinski definition) is 4. The highest BCUT2D eigenvalue weighted by molar-refractivity contribution is 7.88. The van der Waals surface area contributed by atoms with Crippen LogP contribution in [0, 0.1) is 5.92 Å². The third-order valence-electron chi connectivity index (χ3n) is 4.62. The summed E-state index contributed by atoms with van der Waals surface area (Å²) in [6.07, 6.45) is 4.37. The van der Waals surface area contributed by atoms with Gasteiger partial charge in [-0.25, -0.2) is 13.1 Å². The van der Waals surface area contributed by atoms with Gasteiger partial charge in [-0.05, 0) is 37.7 Å². The Labute approximate surface area is 156 Å². The molecule has 1 fully saturated rings. The first-order valence-corrected chi connectivity index (χ1v) is 11.2. The van der Waals surface area contributed by atoms with Crippen LogP contribution >= 0.6 is 0 Å². The second-order valence-corrected chi connectivity index (χ2v) is 8.72. The normalized spacial score (nSPS) is 23.5. The lowest BCUT2D eigenvalue weighted by atomic mass is 9.83. The zero-order valence-electron chi connectivity index (χ0n) is 15.6. The minimum atomic E-state index is -3.29. The van der Waals surface area contributed by atoms with Crippen LogP contribution in [0.4, 0.5) is 0 Å². The van der Waals surface area contributed by atoms with Crippen molar-refractivity contribution >= 4 is 15.9 Å². The second kappa shape index (κ2) is 10.0. The van der Waals surface area contributed by atoms with Crippen molar-refractivity contribution in [2.75, 3.05) is 19.4 Å². The summed E-state index contributed by atoms with van der Waals surface area (Å²) in [5, 5.41) is 3.01. The van der Waals surface area contributed by atoms with Crippen LogP contribution < -0.4 is 10.0 Å². The Kier molecular flexibility index (Phi) is 8.06. The van der Waals surface area contributed by atoms with Gasteiger partial charge in [0.25, 0.3) is 0 Å². The molecule has 0 radical (unpaired) electrons. The summed E-state index contributed by atoms with van der Waals surface area (Å²) in [4.78, 5) is 12.5. The average Bonchev–Trinajstić information content (AvgIpc) is 2.60. The number of hydrogen-bond donors (Lipinski definition) is 2. The molecule has 0 aliphatic heterocycles. The molecule has 1 amide bonds. The molecule has 0 unspecified atom stereocenters. The maximum atomic E-state index is 12.5. The molecule has 3 atom stereocenters. The molecule has 0 heterocycles. The molecule has 1 saturated carbocycles. The molecule has 0 bridgehead atoms. The smallest absolute Gasteiger partial charge is 0.223 e. The Morgan fingerprint density at radius 1 is 1.23 bits per heavy atom. The van der Waals surface area contributed by atoms with Crippen molar-refractivity contribution in [1.82, 2.24) is 10.0 Å². The first kappa shape index (κ1) is 20.9. The lowest BCUT2D eigenvalue weighted by Crippen LogP contribution is -2.50. The van der Waals surface area contributed by atoms with Gasteiger partial charge in [-0.15, -0.1) is 0 Å². The standard InChI is InChI=1S/C19H30N2O4S/c1-3-13-25-18-14-16(9-10-17(18)21-26(2,23)24)19(22)20-12-11-15-7-5-4-6-8-15/h4-8,16-18,21H,3,9-14H2,1-2H3,(H,20,22)/t16-,17-,18-/m0/s1. The van der Waals surface area contributed by atoms with Crippen LogP contribution in [0.25, 0.3) is 0 Å². The molecule has 2 N–H and O–H groups in total. The van der Waals surface area contributed by atoms with Crippen LogP contribution in [0.5, 0.6) is 0 Å². The van der Waals surface area contributed by atoms with E-state index < -0.39 is 10.0 Å². The van der Waals surface area contributed by atoms with Gasteiger partial charge >= 0.3 is 0 Å². The van der Waals surface area contributed by atoms with E-state index in [0.717, 1.165) is 19.1 Å². The first-order chi connectivity index (χ1) is 12.4. The summed E-state index contributed by atoms with van der Waals surface area (Å²) in [5.41, 5.74) is 1.19. The van der Waals surface area contributed by atoms with E-state index in [4.69, 9.17) is 4.74 Å². The molecule has 1 aliphatic carbocycles. The highest BCUT2D eigenvalue weighted by Gasteiger charge is 2.35. The lowest BCUT2D eigenvalue weighted by molar-refractivity contribution is -0.128. The highest BCUT2D eigenvalue weighted by atomic mass is 32.2. The third kappa shape index (κ3) is 7.05. The topological polar surface area (TPSA) is 84.5 Å². The van der Waals surface area contributed by atoms with Crippen LogP contribution in [0.1, 0.15) is 38.2 Å². The fraction of sp³-hybridized carbons (Fsp3) is 0.632. The number of sulfonamides is 1. The van der Waals surface area contributed by atoms with E-state index in [1.54, 1.807) is 0 Å². The largest absolute Gasteiger partial charge is 0.377 e. The lowest BCUT2D eigenvalue weighted by Gasteiger charge is -2.35. The van der Waals surface area contributed by atoms with Gasteiger partial charge in [0.15, 0.2) is 0 Å². The Morgan fingerprint density at radius 2 is 1.96 bits per heavy atom. The fourth-order valence-corrected chi connectivity index (χ4v) is 4.17. The van der Waals surface area contributed by atoms with E-state index in [1.807, 2.05) is 37.3 Å². The van der Waals surface area contributed by atoms with Crippen LogP contribution in [0.2, 0.25) is 0 Å². The summed E-state index contributed by atoms with van der Waals surface area (Å²) in [6.45, 7) is 3.18. The number of nitrogens with one attached hydrogen (secondary N) is 2.